The number of anilines is 1. The Hall–Kier alpha value is -1.69. The maximum atomic E-state index is 11.8. The fraction of sp³-hybridized carbons (Fsp3) is 0.462. The average Bonchev–Trinajstić information content (AvgIpc) is 3.09. The second kappa shape index (κ2) is 5.52. The molecule has 0 spiro atoms. The highest BCUT2D eigenvalue weighted by Gasteiger charge is 2.19. The Morgan fingerprint density at radius 2 is 2.32 bits per heavy atom. The number of hydrogen-bond acceptors (Lipinski definition) is 4. The SMILES string of the molecule is O=C(Cc1nccs1)Nc1cc(C2CCCC2)[nH]n1. The molecule has 100 valence electrons. The molecule has 0 saturated heterocycles. The van der Waals surface area contributed by atoms with Crippen molar-refractivity contribution in [2.24, 2.45) is 0 Å². The first-order valence-electron chi connectivity index (χ1n) is 6.55. The van der Waals surface area contributed by atoms with Gasteiger partial charge in [-0.05, 0) is 12.8 Å². The normalized spacial score (nSPS) is 15.8. The summed E-state index contributed by atoms with van der Waals surface area (Å²) >= 11 is 1.49. The Morgan fingerprint density at radius 3 is 3.05 bits per heavy atom. The molecule has 5 nitrogen and oxygen atoms in total. The molecule has 2 aromatic rings. The third-order valence-electron chi connectivity index (χ3n) is 3.46. The Bertz CT molecular complexity index is 543. The lowest BCUT2D eigenvalue weighted by Crippen LogP contribution is -2.14. The van der Waals surface area contributed by atoms with Crippen molar-refractivity contribution in [3.63, 3.8) is 0 Å². The van der Waals surface area contributed by atoms with E-state index in [4.69, 9.17) is 0 Å². The summed E-state index contributed by atoms with van der Waals surface area (Å²) in [7, 11) is 0. The summed E-state index contributed by atoms with van der Waals surface area (Å²) in [4.78, 5) is 15.9. The van der Waals surface area contributed by atoms with Crippen LogP contribution in [0.15, 0.2) is 17.6 Å². The van der Waals surface area contributed by atoms with Gasteiger partial charge in [0.05, 0.1) is 6.42 Å². The number of carbonyl (C=O) groups excluding carboxylic acids is 1. The van der Waals surface area contributed by atoms with Crippen LogP contribution >= 0.6 is 11.3 Å². The van der Waals surface area contributed by atoms with Gasteiger partial charge in [0.15, 0.2) is 5.82 Å². The Kier molecular flexibility index (Phi) is 3.59. The molecular formula is C13H16N4OS. The van der Waals surface area contributed by atoms with Crippen LogP contribution < -0.4 is 5.32 Å². The predicted molar refractivity (Wildman–Crippen MR) is 74.2 cm³/mol. The molecule has 3 rings (SSSR count). The van der Waals surface area contributed by atoms with Crippen LogP contribution in [0.2, 0.25) is 0 Å². The zero-order valence-electron chi connectivity index (χ0n) is 10.6. The van der Waals surface area contributed by atoms with Gasteiger partial charge in [0, 0.05) is 29.3 Å². The lowest BCUT2D eigenvalue weighted by molar-refractivity contribution is -0.115. The number of thiazole rings is 1. The molecule has 0 radical (unpaired) electrons. The molecule has 0 aliphatic heterocycles. The Balaban J connectivity index is 1.59. The van der Waals surface area contributed by atoms with E-state index < -0.39 is 0 Å². The number of aromatic amines is 1. The highest BCUT2D eigenvalue weighted by Crippen LogP contribution is 2.33. The van der Waals surface area contributed by atoms with Gasteiger partial charge in [0.1, 0.15) is 5.01 Å². The van der Waals surface area contributed by atoms with E-state index in [0.717, 1.165) is 10.7 Å². The largest absolute Gasteiger partial charge is 0.309 e. The maximum absolute atomic E-state index is 11.8. The minimum Gasteiger partial charge on any atom is -0.309 e. The lowest BCUT2D eigenvalue weighted by Gasteiger charge is -2.03. The number of H-pyrrole nitrogens is 1. The summed E-state index contributed by atoms with van der Waals surface area (Å²) < 4.78 is 0. The standard InChI is InChI=1S/C13H16N4OS/c18-12(8-13-14-5-6-19-13)15-11-7-10(16-17-11)9-3-1-2-4-9/h5-7,9H,1-4,8H2,(H2,15,16,17,18). The summed E-state index contributed by atoms with van der Waals surface area (Å²) in [6.45, 7) is 0. The van der Waals surface area contributed by atoms with Crippen molar-refractivity contribution >= 4 is 23.1 Å². The molecule has 1 aliphatic rings. The summed E-state index contributed by atoms with van der Waals surface area (Å²) in [5, 5.41) is 12.7. The van der Waals surface area contributed by atoms with Gasteiger partial charge in [0.2, 0.25) is 5.91 Å². The molecule has 0 atom stereocenters. The molecule has 1 amide bonds. The molecule has 2 N–H and O–H groups in total. The van der Waals surface area contributed by atoms with Crippen LogP contribution in [0.4, 0.5) is 5.82 Å². The minimum absolute atomic E-state index is 0.0700. The minimum atomic E-state index is -0.0700. The first-order chi connectivity index (χ1) is 9.31. The van der Waals surface area contributed by atoms with E-state index in [9.17, 15) is 4.79 Å². The van der Waals surface area contributed by atoms with Crippen LogP contribution in [-0.4, -0.2) is 21.1 Å². The van der Waals surface area contributed by atoms with E-state index >= 15 is 0 Å². The Morgan fingerprint density at radius 1 is 1.47 bits per heavy atom. The van der Waals surface area contributed by atoms with Crippen molar-refractivity contribution in [1.29, 1.82) is 0 Å². The molecule has 1 aliphatic carbocycles. The first kappa shape index (κ1) is 12.3. The summed E-state index contributed by atoms with van der Waals surface area (Å²) in [5.41, 5.74) is 1.14. The molecule has 2 heterocycles. The van der Waals surface area contributed by atoms with Crippen molar-refractivity contribution in [3.05, 3.63) is 28.3 Å². The number of aromatic nitrogens is 3. The van der Waals surface area contributed by atoms with Gasteiger partial charge < -0.3 is 5.32 Å². The molecule has 0 unspecified atom stereocenters. The number of amides is 1. The predicted octanol–water partition coefficient (Wildman–Crippen LogP) is 2.71. The highest BCUT2D eigenvalue weighted by atomic mass is 32.1. The van der Waals surface area contributed by atoms with E-state index in [1.165, 1.54) is 37.0 Å². The van der Waals surface area contributed by atoms with E-state index in [1.807, 2.05) is 11.4 Å². The quantitative estimate of drug-likeness (QED) is 0.902. The molecule has 19 heavy (non-hydrogen) atoms. The van der Waals surface area contributed by atoms with Gasteiger partial charge in [-0.2, -0.15) is 5.10 Å². The molecule has 6 heteroatoms. The van der Waals surface area contributed by atoms with Crippen LogP contribution in [0.1, 0.15) is 42.3 Å². The number of carbonyl (C=O) groups is 1. The number of rotatable bonds is 4. The average molecular weight is 276 g/mol. The molecule has 2 aromatic heterocycles. The van der Waals surface area contributed by atoms with Crippen LogP contribution in [0.5, 0.6) is 0 Å². The van der Waals surface area contributed by atoms with Gasteiger partial charge in [-0.15, -0.1) is 11.3 Å². The molecule has 0 bridgehead atoms. The smallest absolute Gasteiger partial charge is 0.232 e. The summed E-state index contributed by atoms with van der Waals surface area (Å²) in [6.07, 6.45) is 7.03. The van der Waals surface area contributed by atoms with E-state index in [1.54, 1.807) is 6.20 Å². The molecule has 1 fully saturated rings. The van der Waals surface area contributed by atoms with Crippen LogP contribution in [0.3, 0.4) is 0 Å². The van der Waals surface area contributed by atoms with Gasteiger partial charge in [-0.3, -0.25) is 9.89 Å². The number of nitrogens with zero attached hydrogens (tertiary/aromatic N) is 2. The number of nitrogens with one attached hydrogen (secondary N) is 2. The number of hydrogen-bond donors (Lipinski definition) is 2. The molecule has 1 saturated carbocycles. The third kappa shape index (κ3) is 3.01. The maximum Gasteiger partial charge on any atom is 0.232 e. The fourth-order valence-electron chi connectivity index (χ4n) is 2.51. The van der Waals surface area contributed by atoms with Gasteiger partial charge in [0.25, 0.3) is 0 Å². The first-order valence-corrected chi connectivity index (χ1v) is 7.43. The third-order valence-corrected chi connectivity index (χ3v) is 4.24. The van der Waals surface area contributed by atoms with Crippen molar-refractivity contribution < 1.29 is 4.79 Å². The van der Waals surface area contributed by atoms with Crippen molar-refractivity contribution in [3.8, 4) is 0 Å². The fourth-order valence-corrected chi connectivity index (χ4v) is 3.13. The zero-order chi connectivity index (χ0) is 13.1. The molecular weight excluding hydrogens is 260 g/mol. The summed E-state index contributed by atoms with van der Waals surface area (Å²) in [6, 6.07) is 1.95. The van der Waals surface area contributed by atoms with Gasteiger partial charge in [-0.25, -0.2) is 4.98 Å². The monoisotopic (exact) mass is 276 g/mol. The van der Waals surface area contributed by atoms with Crippen molar-refractivity contribution in [1.82, 2.24) is 15.2 Å². The van der Waals surface area contributed by atoms with Gasteiger partial charge in [-0.1, -0.05) is 12.8 Å². The highest BCUT2D eigenvalue weighted by molar-refractivity contribution is 7.09. The van der Waals surface area contributed by atoms with E-state index in [-0.39, 0.29) is 5.91 Å². The second-order valence-electron chi connectivity index (χ2n) is 4.84. The van der Waals surface area contributed by atoms with E-state index in [0.29, 0.717) is 18.2 Å². The van der Waals surface area contributed by atoms with Crippen LogP contribution in [0, 0.1) is 0 Å². The summed E-state index contributed by atoms with van der Waals surface area (Å²) in [5.74, 6) is 1.12. The Labute approximate surface area is 115 Å². The second-order valence-corrected chi connectivity index (χ2v) is 5.82. The van der Waals surface area contributed by atoms with Crippen LogP contribution in [0.25, 0.3) is 0 Å². The van der Waals surface area contributed by atoms with Crippen LogP contribution in [-0.2, 0) is 11.2 Å². The van der Waals surface area contributed by atoms with Gasteiger partial charge >= 0.3 is 0 Å². The lowest BCUT2D eigenvalue weighted by atomic mass is 10.0. The molecule has 0 aromatic carbocycles. The van der Waals surface area contributed by atoms with Crippen molar-refractivity contribution in [2.45, 2.75) is 38.0 Å². The zero-order valence-corrected chi connectivity index (χ0v) is 11.4. The van der Waals surface area contributed by atoms with Crippen molar-refractivity contribution in [2.75, 3.05) is 5.32 Å². The topological polar surface area (TPSA) is 70.7 Å². The van der Waals surface area contributed by atoms with E-state index in [2.05, 4.69) is 20.5 Å².